The van der Waals surface area contributed by atoms with E-state index in [1.165, 1.54) is 5.56 Å². The maximum absolute atomic E-state index is 11.0. The Balaban J connectivity index is 2.11. The quantitative estimate of drug-likeness (QED) is 0.765. The highest BCUT2D eigenvalue weighted by Crippen LogP contribution is 2.12. The minimum atomic E-state index is -0.405. The number of H-pyrrole nitrogens is 1. The smallest absolute Gasteiger partial charge is 0.225 e. The number of carbonyl (C=O) groups excluding carboxylic acids is 1. The molecule has 0 unspecified atom stereocenters. The molecule has 0 aliphatic carbocycles. The Hall–Kier alpha value is -2.18. The Kier molecular flexibility index (Phi) is 5.30. The minimum absolute atomic E-state index is 0.0899. The third kappa shape index (κ3) is 3.93. The molecule has 0 aliphatic rings. The van der Waals surface area contributed by atoms with Gasteiger partial charge in [-0.15, -0.1) is 0 Å². The first-order valence-corrected chi connectivity index (χ1v) is 7.72. The van der Waals surface area contributed by atoms with Gasteiger partial charge in [0.1, 0.15) is 5.82 Å². The number of carbonyl (C=O) groups is 1. The molecule has 3 N–H and O–H groups in total. The molecule has 0 aromatic carbocycles. The highest BCUT2D eigenvalue weighted by molar-refractivity contribution is 5.75. The number of aryl methyl sites for hydroxylation is 4. The lowest BCUT2D eigenvalue weighted by atomic mass is 10.1. The van der Waals surface area contributed by atoms with E-state index >= 15 is 0 Å². The van der Waals surface area contributed by atoms with Crippen LogP contribution in [0.5, 0.6) is 0 Å². The van der Waals surface area contributed by atoms with E-state index in [0.717, 1.165) is 49.4 Å². The molecule has 0 bridgehead atoms. The van der Waals surface area contributed by atoms with Crippen molar-refractivity contribution in [1.82, 2.24) is 25.0 Å². The van der Waals surface area contributed by atoms with Gasteiger partial charge in [-0.2, -0.15) is 10.2 Å². The van der Waals surface area contributed by atoms with Crippen molar-refractivity contribution in [2.75, 3.05) is 0 Å². The van der Waals surface area contributed by atoms with Crippen LogP contribution in [0.1, 0.15) is 48.4 Å². The Bertz CT molecular complexity index is 642. The number of hydrogen-bond donors (Lipinski definition) is 2. The zero-order chi connectivity index (χ0) is 16.1. The number of aromatic amines is 1. The van der Waals surface area contributed by atoms with Crippen LogP contribution in [-0.4, -0.2) is 30.9 Å². The summed E-state index contributed by atoms with van der Waals surface area (Å²) in [6.45, 7) is 7.03. The zero-order valence-electron chi connectivity index (χ0n) is 13.5. The van der Waals surface area contributed by atoms with Crippen molar-refractivity contribution in [3.05, 3.63) is 28.6 Å². The molecule has 0 saturated carbocycles. The number of nitrogens with two attached hydrogens (primary N) is 1. The fraction of sp³-hybridized carbons (Fsp3) is 0.600. The summed E-state index contributed by atoms with van der Waals surface area (Å²) in [7, 11) is 0. The normalized spacial score (nSPS) is 11.0. The number of rotatable bonds is 8. The van der Waals surface area contributed by atoms with Crippen LogP contribution in [0.2, 0.25) is 0 Å². The zero-order valence-corrected chi connectivity index (χ0v) is 13.5. The van der Waals surface area contributed by atoms with Gasteiger partial charge >= 0.3 is 0 Å². The van der Waals surface area contributed by atoms with Crippen LogP contribution in [-0.2, 0) is 30.6 Å². The van der Waals surface area contributed by atoms with Crippen LogP contribution in [0.4, 0.5) is 0 Å². The van der Waals surface area contributed by atoms with Crippen LogP contribution in [0.3, 0.4) is 0 Å². The van der Waals surface area contributed by atoms with Gasteiger partial charge in [-0.05, 0) is 32.3 Å². The number of unbranched alkanes of at least 4 members (excludes halogenated alkanes) is 1. The second kappa shape index (κ2) is 7.20. The molecular weight excluding hydrogens is 280 g/mol. The fourth-order valence-electron chi connectivity index (χ4n) is 2.34. The third-order valence-corrected chi connectivity index (χ3v) is 3.79. The van der Waals surface area contributed by atoms with E-state index < -0.39 is 5.91 Å². The summed E-state index contributed by atoms with van der Waals surface area (Å²) in [5, 5.41) is 11.7. The number of amides is 1. The van der Waals surface area contributed by atoms with Gasteiger partial charge in [-0.3, -0.25) is 9.89 Å². The Morgan fingerprint density at radius 2 is 2.09 bits per heavy atom. The molecule has 2 aromatic heterocycles. The molecular formula is C15H24N6O. The van der Waals surface area contributed by atoms with E-state index in [9.17, 15) is 4.79 Å². The lowest BCUT2D eigenvalue weighted by molar-refractivity contribution is -0.117. The summed E-state index contributed by atoms with van der Waals surface area (Å²) < 4.78 is 1.90. The maximum Gasteiger partial charge on any atom is 0.225 e. The maximum atomic E-state index is 11.0. The molecule has 2 rings (SSSR count). The van der Waals surface area contributed by atoms with Crippen LogP contribution in [0.15, 0.2) is 0 Å². The standard InChI is InChI=1S/C15H24N6O/c1-4-5-8-21-15(17-14(20-21)9-13(16)22)7-6-12-10(2)11(3)18-19-12/h4-9H2,1-3H3,(H2,16,22)(H,18,19). The van der Waals surface area contributed by atoms with Gasteiger partial charge in [-0.25, -0.2) is 9.67 Å². The van der Waals surface area contributed by atoms with E-state index in [0.29, 0.717) is 5.82 Å². The van der Waals surface area contributed by atoms with E-state index in [1.54, 1.807) is 0 Å². The van der Waals surface area contributed by atoms with Gasteiger partial charge in [0.2, 0.25) is 5.91 Å². The van der Waals surface area contributed by atoms with Crippen molar-refractivity contribution >= 4 is 5.91 Å². The molecule has 0 atom stereocenters. The van der Waals surface area contributed by atoms with Crippen molar-refractivity contribution in [2.45, 2.75) is 59.4 Å². The Morgan fingerprint density at radius 1 is 1.32 bits per heavy atom. The molecule has 0 spiro atoms. The summed E-state index contributed by atoms with van der Waals surface area (Å²) in [5.41, 5.74) is 8.57. The van der Waals surface area contributed by atoms with Crippen molar-refractivity contribution in [3.8, 4) is 0 Å². The SMILES string of the molecule is CCCCn1nc(CC(N)=O)nc1CCc1n[nH]c(C)c1C. The Labute approximate surface area is 130 Å². The first kappa shape index (κ1) is 16.2. The summed E-state index contributed by atoms with van der Waals surface area (Å²) >= 11 is 0. The van der Waals surface area contributed by atoms with Crippen LogP contribution in [0, 0.1) is 13.8 Å². The van der Waals surface area contributed by atoms with Gasteiger partial charge < -0.3 is 5.73 Å². The number of hydrogen-bond acceptors (Lipinski definition) is 4. The van der Waals surface area contributed by atoms with Crippen LogP contribution in [0.25, 0.3) is 0 Å². The summed E-state index contributed by atoms with van der Waals surface area (Å²) in [4.78, 5) is 15.5. The van der Waals surface area contributed by atoms with Crippen molar-refractivity contribution < 1.29 is 4.79 Å². The van der Waals surface area contributed by atoms with Crippen LogP contribution < -0.4 is 5.73 Å². The molecule has 2 aromatic rings. The Morgan fingerprint density at radius 3 is 2.68 bits per heavy atom. The number of nitrogens with zero attached hydrogens (tertiary/aromatic N) is 4. The van der Waals surface area contributed by atoms with Gasteiger partial charge in [0, 0.05) is 18.7 Å². The average molecular weight is 304 g/mol. The predicted octanol–water partition coefficient (Wildman–Crippen LogP) is 1.23. The molecule has 0 saturated heterocycles. The second-order valence-corrected chi connectivity index (χ2v) is 5.58. The van der Waals surface area contributed by atoms with Gasteiger partial charge in [-0.1, -0.05) is 13.3 Å². The molecule has 0 aliphatic heterocycles. The molecule has 7 nitrogen and oxygen atoms in total. The van der Waals surface area contributed by atoms with E-state index in [4.69, 9.17) is 5.73 Å². The van der Waals surface area contributed by atoms with E-state index in [-0.39, 0.29) is 6.42 Å². The fourth-order valence-corrected chi connectivity index (χ4v) is 2.34. The summed E-state index contributed by atoms with van der Waals surface area (Å²) in [6.07, 6.45) is 3.76. The molecule has 0 fully saturated rings. The third-order valence-electron chi connectivity index (χ3n) is 3.79. The topological polar surface area (TPSA) is 102 Å². The van der Waals surface area contributed by atoms with Crippen molar-refractivity contribution in [1.29, 1.82) is 0 Å². The molecule has 22 heavy (non-hydrogen) atoms. The molecule has 2 heterocycles. The first-order valence-electron chi connectivity index (χ1n) is 7.72. The molecule has 0 radical (unpaired) electrons. The monoisotopic (exact) mass is 304 g/mol. The minimum Gasteiger partial charge on any atom is -0.369 e. The van der Waals surface area contributed by atoms with Gasteiger partial charge in [0.05, 0.1) is 12.1 Å². The van der Waals surface area contributed by atoms with Gasteiger partial charge in [0.25, 0.3) is 0 Å². The van der Waals surface area contributed by atoms with E-state index in [2.05, 4.69) is 34.1 Å². The second-order valence-electron chi connectivity index (χ2n) is 5.58. The first-order chi connectivity index (χ1) is 10.5. The highest BCUT2D eigenvalue weighted by Gasteiger charge is 2.13. The van der Waals surface area contributed by atoms with E-state index in [1.807, 2.05) is 11.6 Å². The lowest BCUT2D eigenvalue weighted by Crippen LogP contribution is -2.14. The summed E-state index contributed by atoms with van der Waals surface area (Å²) in [5.74, 6) is 0.997. The lowest BCUT2D eigenvalue weighted by Gasteiger charge is -2.04. The molecule has 120 valence electrons. The number of aromatic nitrogens is 5. The average Bonchev–Trinajstić information content (AvgIpc) is 2.99. The van der Waals surface area contributed by atoms with Gasteiger partial charge in [0.15, 0.2) is 5.82 Å². The molecule has 7 heteroatoms. The number of nitrogens with one attached hydrogen (secondary N) is 1. The van der Waals surface area contributed by atoms with Crippen molar-refractivity contribution in [2.24, 2.45) is 5.73 Å². The molecule has 1 amide bonds. The highest BCUT2D eigenvalue weighted by atomic mass is 16.1. The number of primary amides is 1. The largest absolute Gasteiger partial charge is 0.369 e. The predicted molar refractivity (Wildman–Crippen MR) is 83.3 cm³/mol. The van der Waals surface area contributed by atoms with Crippen molar-refractivity contribution in [3.63, 3.8) is 0 Å². The summed E-state index contributed by atoms with van der Waals surface area (Å²) in [6, 6.07) is 0. The van der Waals surface area contributed by atoms with Crippen LogP contribution >= 0.6 is 0 Å².